The number of hydrogen-bond donors (Lipinski definition) is 0. The van der Waals surface area contributed by atoms with E-state index in [0.29, 0.717) is 10.6 Å². The Morgan fingerprint density at radius 1 is 1.40 bits per heavy atom. The van der Waals surface area contributed by atoms with Gasteiger partial charge in [0.15, 0.2) is 0 Å². The molecule has 2 aromatic heterocycles. The van der Waals surface area contributed by atoms with Gasteiger partial charge in [-0.2, -0.15) is 13.2 Å². The molecule has 108 valence electrons. The smallest absolute Gasteiger partial charge is 0.310 e. The Balaban J connectivity index is 2.40. The molecule has 2 rings (SSSR count). The van der Waals surface area contributed by atoms with Crippen molar-refractivity contribution in [2.75, 3.05) is 0 Å². The van der Waals surface area contributed by atoms with Crippen molar-refractivity contribution in [3.63, 3.8) is 0 Å². The van der Waals surface area contributed by atoms with Crippen molar-refractivity contribution in [3.05, 3.63) is 44.8 Å². The minimum Gasteiger partial charge on any atom is -0.310 e. The van der Waals surface area contributed by atoms with Crippen LogP contribution in [0, 0.1) is 0 Å². The number of alkyl halides is 3. The molecular formula is C12H12F3N3OS. The van der Waals surface area contributed by atoms with Gasteiger partial charge in [-0.3, -0.25) is 4.79 Å². The number of rotatable bonds is 3. The van der Waals surface area contributed by atoms with E-state index in [9.17, 15) is 18.0 Å². The van der Waals surface area contributed by atoms with Crippen LogP contribution in [0.5, 0.6) is 0 Å². The zero-order valence-electron chi connectivity index (χ0n) is 10.8. The van der Waals surface area contributed by atoms with E-state index in [4.69, 9.17) is 0 Å². The number of pyridine rings is 1. The highest BCUT2D eigenvalue weighted by atomic mass is 32.1. The topological polar surface area (TPSA) is 47.8 Å². The summed E-state index contributed by atoms with van der Waals surface area (Å²) in [5.74, 6) is 0.102. The molecule has 0 fully saturated rings. The molecule has 2 aromatic rings. The Morgan fingerprint density at radius 3 is 2.70 bits per heavy atom. The zero-order chi connectivity index (χ0) is 14.9. The van der Waals surface area contributed by atoms with Crippen molar-refractivity contribution in [3.8, 4) is 0 Å². The van der Waals surface area contributed by atoms with Gasteiger partial charge in [-0.1, -0.05) is 18.3 Å². The van der Waals surface area contributed by atoms with Crippen molar-refractivity contribution < 1.29 is 13.2 Å². The first kappa shape index (κ1) is 14.7. The highest BCUT2D eigenvalue weighted by Crippen LogP contribution is 2.26. The normalized spacial score (nSPS) is 12.1. The fraction of sp³-hybridized carbons (Fsp3) is 0.417. The average molecular weight is 303 g/mol. The SMILES string of the molecule is CC(C)c1nnsc1Cn1cccc(C(F)(F)F)c1=O. The van der Waals surface area contributed by atoms with Crippen LogP contribution in [0.1, 0.15) is 35.9 Å². The Labute approximate surface area is 117 Å². The average Bonchev–Trinajstić information content (AvgIpc) is 2.78. The number of hydrogen-bond acceptors (Lipinski definition) is 4. The predicted octanol–water partition coefficient (Wildman–Crippen LogP) is 2.89. The van der Waals surface area contributed by atoms with Crippen LogP contribution < -0.4 is 5.56 Å². The third kappa shape index (κ3) is 2.90. The van der Waals surface area contributed by atoms with Crippen LogP contribution in [0.2, 0.25) is 0 Å². The zero-order valence-corrected chi connectivity index (χ0v) is 11.6. The van der Waals surface area contributed by atoms with Crippen LogP contribution in [0.3, 0.4) is 0 Å². The van der Waals surface area contributed by atoms with Gasteiger partial charge in [-0.25, -0.2) is 0 Å². The van der Waals surface area contributed by atoms with Crippen molar-refractivity contribution in [2.24, 2.45) is 0 Å². The van der Waals surface area contributed by atoms with Crippen LogP contribution in [0.4, 0.5) is 13.2 Å². The number of nitrogens with zero attached hydrogens (tertiary/aromatic N) is 3. The van der Waals surface area contributed by atoms with E-state index < -0.39 is 17.3 Å². The summed E-state index contributed by atoms with van der Waals surface area (Å²) in [6, 6.07) is 2.00. The molecule has 0 bridgehead atoms. The summed E-state index contributed by atoms with van der Waals surface area (Å²) in [5.41, 5.74) is -1.51. The quantitative estimate of drug-likeness (QED) is 0.876. The monoisotopic (exact) mass is 303 g/mol. The van der Waals surface area contributed by atoms with Gasteiger partial charge in [-0.05, 0) is 29.6 Å². The van der Waals surface area contributed by atoms with Crippen molar-refractivity contribution in [1.29, 1.82) is 0 Å². The van der Waals surface area contributed by atoms with Crippen molar-refractivity contribution in [2.45, 2.75) is 32.5 Å². The molecule has 2 heterocycles. The highest BCUT2D eigenvalue weighted by molar-refractivity contribution is 7.05. The minimum atomic E-state index is -4.65. The van der Waals surface area contributed by atoms with Gasteiger partial charge in [0.1, 0.15) is 5.56 Å². The molecule has 0 aliphatic rings. The molecule has 0 saturated carbocycles. The van der Waals surface area contributed by atoms with Gasteiger partial charge >= 0.3 is 6.18 Å². The third-order valence-electron chi connectivity index (χ3n) is 2.77. The largest absolute Gasteiger partial charge is 0.421 e. The van der Waals surface area contributed by atoms with E-state index in [0.717, 1.165) is 22.2 Å². The third-order valence-corrected chi connectivity index (χ3v) is 3.49. The predicted molar refractivity (Wildman–Crippen MR) is 68.8 cm³/mol. The fourth-order valence-electron chi connectivity index (χ4n) is 1.80. The molecule has 20 heavy (non-hydrogen) atoms. The van der Waals surface area contributed by atoms with Crippen molar-refractivity contribution in [1.82, 2.24) is 14.2 Å². The Kier molecular flexibility index (Phi) is 3.94. The lowest BCUT2D eigenvalue weighted by Crippen LogP contribution is -2.28. The summed E-state index contributed by atoms with van der Waals surface area (Å²) >= 11 is 1.09. The summed E-state index contributed by atoms with van der Waals surface area (Å²) in [6.07, 6.45) is -3.31. The summed E-state index contributed by atoms with van der Waals surface area (Å²) in [5, 5.41) is 3.94. The first-order valence-corrected chi connectivity index (χ1v) is 6.66. The van der Waals surface area contributed by atoms with Crippen LogP contribution in [0.25, 0.3) is 0 Å². The molecule has 0 unspecified atom stereocenters. The van der Waals surface area contributed by atoms with Gasteiger partial charge in [0.05, 0.1) is 17.1 Å². The highest BCUT2D eigenvalue weighted by Gasteiger charge is 2.34. The first-order valence-electron chi connectivity index (χ1n) is 5.88. The molecule has 0 aliphatic carbocycles. The van der Waals surface area contributed by atoms with E-state index in [1.54, 1.807) is 0 Å². The van der Waals surface area contributed by atoms with E-state index in [-0.39, 0.29) is 12.5 Å². The molecule has 0 aliphatic heterocycles. The Morgan fingerprint density at radius 2 is 2.10 bits per heavy atom. The van der Waals surface area contributed by atoms with Gasteiger partial charge in [0.2, 0.25) is 0 Å². The van der Waals surface area contributed by atoms with Crippen LogP contribution in [-0.4, -0.2) is 14.2 Å². The fourth-order valence-corrected chi connectivity index (χ4v) is 2.59. The summed E-state index contributed by atoms with van der Waals surface area (Å²) in [4.78, 5) is 12.5. The van der Waals surface area contributed by atoms with Gasteiger partial charge in [0, 0.05) is 6.20 Å². The maximum absolute atomic E-state index is 12.7. The molecule has 0 N–H and O–H groups in total. The molecule has 0 amide bonds. The molecule has 0 radical (unpaired) electrons. The molecule has 0 atom stereocenters. The maximum atomic E-state index is 12.7. The first-order chi connectivity index (χ1) is 9.30. The van der Waals surface area contributed by atoms with Crippen LogP contribution in [-0.2, 0) is 12.7 Å². The standard InChI is InChI=1S/C12H12F3N3OS/c1-7(2)10-9(20-17-16-10)6-18-5-3-4-8(11(18)19)12(13,14)15/h3-5,7H,6H2,1-2H3. The van der Waals surface area contributed by atoms with E-state index in [2.05, 4.69) is 9.59 Å². The second kappa shape index (κ2) is 5.35. The second-order valence-corrected chi connectivity index (χ2v) is 5.43. The van der Waals surface area contributed by atoms with Gasteiger partial charge in [0.25, 0.3) is 5.56 Å². The molecular weight excluding hydrogens is 291 g/mol. The summed E-state index contributed by atoms with van der Waals surface area (Å²) in [7, 11) is 0. The minimum absolute atomic E-state index is 0.0495. The summed E-state index contributed by atoms with van der Waals surface area (Å²) < 4.78 is 42.9. The molecule has 4 nitrogen and oxygen atoms in total. The van der Waals surface area contributed by atoms with E-state index in [1.807, 2.05) is 13.8 Å². The molecule has 8 heteroatoms. The lowest BCUT2D eigenvalue weighted by atomic mass is 10.1. The molecule has 0 saturated heterocycles. The summed E-state index contributed by atoms with van der Waals surface area (Å²) in [6.45, 7) is 3.87. The molecule has 0 aromatic carbocycles. The lowest BCUT2D eigenvalue weighted by molar-refractivity contribution is -0.138. The van der Waals surface area contributed by atoms with Gasteiger partial charge < -0.3 is 4.57 Å². The van der Waals surface area contributed by atoms with Gasteiger partial charge in [-0.15, -0.1) is 5.10 Å². The van der Waals surface area contributed by atoms with Crippen LogP contribution in [0.15, 0.2) is 23.1 Å². The molecule has 0 spiro atoms. The maximum Gasteiger partial charge on any atom is 0.421 e. The number of halogens is 3. The van der Waals surface area contributed by atoms with Crippen LogP contribution >= 0.6 is 11.5 Å². The van der Waals surface area contributed by atoms with E-state index in [1.165, 1.54) is 12.3 Å². The lowest BCUT2D eigenvalue weighted by Gasteiger charge is -2.10. The Hall–Kier alpha value is -1.70. The van der Waals surface area contributed by atoms with Crippen molar-refractivity contribution >= 4 is 11.5 Å². The van der Waals surface area contributed by atoms with E-state index >= 15 is 0 Å². The number of aromatic nitrogens is 3. The second-order valence-electron chi connectivity index (χ2n) is 4.59. The Bertz CT molecular complexity index is 660.